The van der Waals surface area contributed by atoms with E-state index in [4.69, 9.17) is 4.74 Å². The van der Waals surface area contributed by atoms with Crippen LogP contribution >= 0.6 is 0 Å². The molecule has 2 unspecified atom stereocenters. The molecule has 0 heterocycles. The van der Waals surface area contributed by atoms with Gasteiger partial charge < -0.3 is 4.74 Å². The summed E-state index contributed by atoms with van der Waals surface area (Å²) in [4.78, 5) is 11.7. The van der Waals surface area contributed by atoms with E-state index in [2.05, 4.69) is 26.7 Å². The zero-order valence-electron chi connectivity index (χ0n) is 12.5. The maximum atomic E-state index is 11.7. The molecule has 2 atom stereocenters. The largest absolute Gasteiger partial charge is 0.456 e. The van der Waals surface area contributed by atoms with E-state index in [1.165, 1.54) is 0 Å². The third-order valence-electron chi connectivity index (χ3n) is 4.52. The molecule has 19 heavy (non-hydrogen) atoms. The summed E-state index contributed by atoms with van der Waals surface area (Å²) >= 11 is 0. The minimum Gasteiger partial charge on any atom is -0.456 e. The van der Waals surface area contributed by atoms with Crippen molar-refractivity contribution < 1.29 is 9.53 Å². The predicted molar refractivity (Wildman–Crippen MR) is 79.8 cm³/mol. The van der Waals surface area contributed by atoms with Gasteiger partial charge in [0.1, 0.15) is 5.60 Å². The standard InChI is InChI=1S/C17H26O2/c1-7-17(8-2,9-3)14-10-11-16(6,12-14)19-15(18)13(4)5/h7-8,14H,1-2,4,9-12H2,3,5-6H3. The first-order valence-corrected chi connectivity index (χ1v) is 6.98. The Hall–Kier alpha value is -1.31. The summed E-state index contributed by atoms with van der Waals surface area (Å²) in [5.41, 5.74) is 0.0273. The molecule has 1 fully saturated rings. The second-order valence-electron chi connectivity index (χ2n) is 5.93. The van der Waals surface area contributed by atoms with Gasteiger partial charge in [-0.3, -0.25) is 0 Å². The van der Waals surface area contributed by atoms with Gasteiger partial charge in [0.25, 0.3) is 0 Å². The summed E-state index contributed by atoms with van der Waals surface area (Å²) in [5, 5.41) is 0. The van der Waals surface area contributed by atoms with Gasteiger partial charge in [0, 0.05) is 11.0 Å². The van der Waals surface area contributed by atoms with E-state index in [0.717, 1.165) is 25.7 Å². The minimum absolute atomic E-state index is 0.0482. The van der Waals surface area contributed by atoms with Crippen molar-refractivity contribution in [2.75, 3.05) is 0 Å². The Labute approximate surface area is 117 Å². The molecular formula is C17H26O2. The molecule has 0 bridgehead atoms. The van der Waals surface area contributed by atoms with Crippen LogP contribution in [0.5, 0.6) is 0 Å². The SMILES string of the molecule is C=CC(C=C)(CC)C1CCC(C)(OC(=O)C(=C)C)C1. The summed E-state index contributed by atoms with van der Waals surface area (Å²) in [6.07, 6.45) is 7.76. The van der Waals surface area contributed by atoms with Gasteiger partial charge in [0.15, 0.2) is 0 Å². The van der Waals surface area contributed by atoms with Gasteiger partial charge in [-0.15, -0.1) is 13.2 Å². The maximum absolute atomic E-state index is 11.7. The molecule has 1 saturated carbocycles. The van der Waals surface area contributed by atoms with Crippen molar-refractivity contribution in [1.29, 1.82) is 0 Å². The number of hydrogen-bond donors (Lipinski definition) is 0. The fourth-order valence-electron chi connectivity index (χ4n) is 3.06. The third-order valence-corrected chi connectivity index (χ3v) is 4.52. The highest BCUT2D eigenvalue weighted by Crippen LogP contribution is 2.49. The van der Waals surface area contributed by atoms with E-state index in [1.807, 2.05) is 19.1 Å². The highest BCUT2D eigenvalue weighted by Gasteiger charge is 2.45. The van der Waals surface area contributed by atoms with Gasteiger partial charge in [-0.25, -0.2) is 4.79 Å². The molecule has 1 aliphatic carbocycles. The van der Waals surface area contributed by atoms with Gasteiger partial charge in [0.2, 0.25) is 0 Å². The number of esters is 1. The van der Waals surface area contributed by atoms with Gasteiger partial charge in [-0.2, -0.15) is 0 Å². The molecule has 2 heteroatoms. The number of allylic oxidation sites excluding steroid dienone is 2. The Balaban J connectivity index is 2.82. The summed E-state index contributed by atoms with van der Waals surface area (Å²) in [6.45, 7) is 17.4. The van der Waals surface area contributed by atoms with E-state index in [0.29, 0.717) is 11.5 Å². The molecule has 0 aromatic carbocycles. The molecule has 106 valence electrons. The first-order valence-electron chi connectivity index (χ1n) is 6.98. The van der Waals surface area contributed by atoms with E-state index < -0.39 is 0 Å². The zero-order valence-corrected chi connectivity index (χ0v) is 12.5. The van der Waals surface area contributed by atoms with Gasteiger partial charge in [0.05, 0.1) is 0 Å². The lowest BCUT2D eigenvalue weighted by atomic mass is 9.72. The highest BCUT2D eigenvalue weighted by molar-refractivity contribution is 5.87. The van der Waals surface area contributed by atoms with Crippen LogP contribution in [0.3, 0.4) is 0 Å². The Bertz CT molecular complexity index is 386. The molecule has 1 rings (SSSR count). The molecule has 1 aliphatic rings. The zero-order chi connectivity index (χ0) is 14.7. The molecular weight excluding hydrogens is 236 g/mol. The van der Waals surface area contributed by atoms with Crippen LogP contribution in [0, 0.1) is 11.3 Å². The van der Waals surface area contributed by atoms with Crippen LogP contribution in [0.4, 0.5) is 0 Å². The fourth-order valence-corrected chi connectivity index (χ4v) is 3.06. The van der Waals surface area contributed by atoms with Crippen molar-refractivity contribution in [3.8, 4) is 0 Å². The van der Waals surface area contributed by atoms with Crippen molar-refractivity contribution in [3.05, 3.63) is 37.5 Å². The molecule has 0 radical (unpaired) electrons. The fraction of sp³-hybridized carbons (Fsp3) is 0.588. The van der Waals surface area contributed by atoms with Crippen LogP contribution < -0.4 is 0 Å². The van der Waals surface area contributed by atoms with Crippen molar-refractivity contribution >= 4 is 5.97 Å². The lowest BCUT2D eigenvalue weighted by Crippen LogP contribution is -2.31. The lowest BCUT2D eigenvalue weighted by molar-refractivity contribution is -0.152. The van der Waals surface area contributed by atoms with Crippen LogP contribution in [0.2, 0.25) is 0 Å². The predicted octanol–water partition coefficient (Wildman–Crippen LogP) is 4.43. The third kappa shape index (κ3) is 3.17. The highest BCUT2D eigenvalue weighted by atomic mass is 16.6. The molecule has 0 aliphatic heterocycles. The van der Waals surface area contributed by atoms with Gasteiger partial charge in [-0.1, -0.05) is 25.7 Å². The summed E-state index contributed by atoms with van der Waals surface area (Å²) in [5.74, 6) is 0.151. The molecule has 0 aromatic rings. The van der Waals surface area contributed by atoms with E-state index >= 15 is 0 Å². The van der Waals surface area contributed by atoms with Crippen LogP contribution in [0.1, 0.15) is 46.5 Å². The van der Waals surface area contributed by atoms with Gasteiger partial charge in [-0.05, 0) is 45.4 Å². The van der Waals surface area contributed by atoms with E-state index in [-0.39, 0.29) is 17.0 Å². The second kappa shape index (κ2) is 5.77. The molecule has 0 aromatic heterocycles. The second-order valence-corrected chi connectivity index (χ2v) is 5.93. The van der Waals surface area contributed by atoms with Crippen molar-refractivity contribution in [3.63, 3.8) is 0 Å². The summed E-state index contributed by atoms with van der Waals surface area (Å²) < 4.78 is 5.61. The number of hydrogen-bond acceptors (Lipinski definition) is 2. The van der Waals surface area contributed by atoms with Crippen LogP contribution in [0.25, 0.3) is 0 Å². The van der Waals surface area contributed by atoms with Crippen LogP contribution in [-0.4, -0.2) is 11.6 Å². The van der Waals surface area contributed by atoms with E-state index in [9.17, 15) is 4.79 Å². The quantitative estimate of drug-likeness (QED) is 0.402. The molecule has 0 amide bonds. The Morgan fingerprint density at radius 3 is 2.47 bits per heavy atom. The minimum atomic E-state index is -0.382. The molecule has 0 spiro atoms. The maximum Gasteiger partial charge on any atom is 0.333 e. The summed E-state index contributed by atoms with van der Waals surface area (Å²) in [7, 11) is 0. The van der Waals surface area contributed by atoms with Crippen molar-refractivity contribution in [1.82, 2.24) is 0 Å². The Kier molecular flexibility index (Phi) is 4.78. The summed E-state index contributed by atoms with van der Waals surface area (Å²) in [6, 6.07) is 0. The number of ether oxygens (including phenoxy) is 1. The molecule has 2 nitrogen and oxygen atoms in total. The number of carbonyl (C=O) groups is 1. The number of carbonyl (C=O) groups excluding carboxylic acids is 1. The van der Waals surface area contributed by atoms with Crippen LogP contribution in [0.15, 0.2) is 37.5 Å². The average molecular weight is 262 g/mol. The first kappa shape index (κ1) is 15.7. The van der Waals surface area contributed by atoms with Crippen LogP contribution in [-0.2, 0) is 9.53 Å². The van der Waals surface area contributed by atoms with E-state index in [1.54, 1.807) is 6.92 Å². The first-order chi connectivity index (χ1) is 8.82. The monoisotopic (exact) mass is 262 g/mol. The Morgan fingerprint density at radius 2 is 2.05 bits per heavy atom. The van der Waals surface area contributed by atoms with Gasteiger partial charge >= 0.3 is 5.97 Å². The lowest BCUT2D eigenvalue weighted by Gasteiger charge is -2.34. The topological polar surface area (TPSA) is 26.3 Å². The molecule has 0 saturated heterocycles. The smallest absolute Gasteiger partial charge is 0.333 e. The van der Waals surface area contributed by atoms with Crippen molar-refractivity contribution in [2.45, 2.75) is 52.1 Å². The van der Waals surface area contributed by atoms with Crippen molar-refractivity contribution in [2.24, 2.45) is 11.3 Å². The molecule has 0 N–H and O–H groups in total. The normalized spacial score (nSPS) is 26.8. The Morgan fingerprint density at radius 1 is 1.47 bits per heavy atom. The number of rotatable bonds is 6. The average Bonchev–Trinajstić information content (AvgIpc) is 2.75.